The van der Waals surface area contributed by atoms with Gasteiger partial charge in [0.15, 0.2) is 0 Å². The molecule has 3 rings (SSSR count). The van der Waals surface area contributed by atoms with E-state index in [4.69, 9.17) is 0 Å². The van der Waals surface area contributed by atoms with E-state index in [0.717, 1.165) is 16.7 Å². The fourth-order valence-electron chi connectivity index (χ4n) is 1.89. The molecule has 0 bridgehead atoms. The van der Waals surface area contributed by atoms with Gasteiger partial charge < -0.3 is 0 Å². The highest BCUT2D eigenvalue weighted by molar-refractivity contribution is 5.78. The highest BCUT2D eigenvalue weighted by Gasteiger charge is 2.07. The Bertz CT molecular complexity index is 669. The molecule has 0 atom stereocenters. The molecule has 0 amide bonds. The summed E-state index contributed by atoms with van der Waals surface area (Å²) in [5, 5.41) is 9.04. The molecule has 1 aromatic heterocycles. The highest BCUT2D eigenvalue weighted by Crippen LogP contribution is 2.18. The van der Waals surface area contributed by atoms with Crippen LogP contribution in [0.2, 0.25) is 0 Å². The Hall–Kier alpha value is -2.16. The van der Waals surface area contributed by atoms with Crippen LogP contribution in [0.15, 0.2) is 42.5 Å². The first-order valence-corrected chi connectivity index (χ1v) is 5.64. The van der Waals surface area contributed by atoms with Gasteiger partial charge in [-0.3, -0.25) is 0 Å². The van der Waals surface area contributed by atoms with Crippen molar-refractivity contribution in [3.8, 4) is 5.69 Å². The third kappa shape index (κ3) is 1.60. The van der Waals surface area contributed by atoms with E-state index < -0.39 is 0 Å². The standard InChI is InChI=1S/C14H13N3/c1-10-8-9-13-14(11(10)2)16-17(15-13)12-6-4-3-5-7-12/h3-9H,1-2H3. The number of para-hydroxylation sites is 1. The Balaban J connectivity index is 2.24. The van der Waals surface area contributed by atoms with Crippen molar-refractivity contribution in [2.45, 2.75) is 13.8 Å². The third-order valence-electron chi connectivity index (χ3n) is 3.06. The molecule has 0 saturated heterocycles. The Labute approximate surface area is 99.7 Å². The van der Waals surface area contributed by atoms with Gasteiger partial charge in [-0.15, -0.1) is 10.2 Å². The number of benzene rings is 2. The number of aryl methyl sites for hydroxylation is 2. The minimum absolute atomic E-state index is 0.942. The number of fused-ring (bicyclic) bond motifs is 1. The van der Waals surface area contributed by atoms with Crippen LogP contribution in [0.3, 0.4) is 0 Å². The minimum atomic E-state index is 0.942. The second-order valence-electron chi connectivity index (χ2n) is 4.20. The van der Waals surface area contributed by atoms with Gasteiger partial charge in [-0.25, -0.2) is 0 Å². The van der Waals surface area contributed by atoms with Crippen molar-refractivity contribution in [1.29, 1.82) is 0 Å². The monoisotopic (exact) mass is 223 g/mol. The zero-order valence-electron chi connectivity index (χ0n) is 9.88. The smallest absolute Gasteiger partial charge is 0.116 e. The molecule has 0 radical (unpaired) electrons. The summed E-state index contributed by atoms with van der Waals surface area (Å²) in [4.78, 5) is 1.69. The molecule has 0 aliphatic heterocycles. The van der Waals surface area contributed by atoms with Gasteiger partial charge in [-0.1, -0.05) is 24.3 Å². The van der Waals surface area contributed by atoms with Gasteiger partial charge in [-0.2, -0.15) is 4.80 Å². The van der Waals surface area contributed by atoms with Crippen molar-refractivity contribution in [1.82, 2.24) is 15.0 Å². The third-order valence-corrected chi connectivity index (χ3v) is 3.06. The molecular formula is C14H13N3. The highest BCUT2D eigenvalue weighted by atomic mass is 15.5. The van der Waals surface area contributed by atoms with E-state index in [2.05, 4.69) is 30.1 Å². The fourth-order valence-corrected chi connectivity index (χ4v) is 1.89. The van der Waals surface area contributed by atoms with Crippen LogP contribution < -0.4 is 0 Å². The number of aromatic nitrogens is 3. The Morgan fingerprint density at radius 2 is 1.65 bits per heavy atom. The van der Waals surface area contributed by atoms with E-state index in [1.165, 1.54) is 11.1 Å². The number of hydrogen-bond donors (Lipinski definition) is 0. The average Bonchev–Trinajstić information content (AvgIpc) is 2.80. The minimum Gasteiger partial charge on any atom is -0.150 e. The topological polar surface area (TPSA) is 30.7 Å². The first-order chi connectivity index (χ1) is 8.25. The van der Waals surface area contributed by atoms with Crippen LogP contribution in [0.1, 0.15) is 11.1 Å². The van der Waals surface area contributed by atoms with E-state index in [1.807, 2.05) is 36.4 Å². The molecular weight excluding hydrogens is 210 g/mol. The van der Waals surface area contributed by atoms with Crippen molar-refractivity contribution in [3.05, 3.63) is 53.6 Å². The first kappa shape index (κ1) is 10.0. The van der Waals surface area contributed by atoms with Crippen LogP contribution in [0.5, 0.6) is 0 Å². The van der Waals surface area contributed by atoms with Gasteiger partial charge in [0.05, 0.1) is 5.69 Å². The molecule has 2 aromatic carbocycles. The zero-order valence-corrected chi connectivity index (χ0v) is 9.88. The van der Waals surface area contributed by atoms with Crippen molar-refractivity contribution in [3.63, 3.8) is 0 Å². The number of hydrogen-bond acceptors (Lipinski definition) is 2. The maximum atomic E-state index is 4.55. The molecule has 3 heteroatoms. The lowest BCUT2D eigenvalue weighted by Crippen LogP contribution is -1.97. The molecule has 0 fully saturated rings. The molecule has 1 heterocycles. The lowest BCUT2D eigenvalue weighted by Gasteiger charge is -1.97. The maximum Gasteiger partial charge on any atom is 0.116 e. The molecule has 3 aromatic rings. The Kier molecular flexibility index (Phi) is 2.18. The molecule has 0 N–H and O–H groups in total. The molecule has 0 unspecified atom stereocenters. The van der Waals surface area contributed by atoms with Gasteiger partial charge in [-0.05, 0) is 43.2 Å². The van der Waals surface area contributed by atoms with Crippen LogP contribution in [-0.2, 0) is 0 Å². The summed E-state index contributed by atoms with van der Waals surface area (Å²) in [6.07, 6.45) is 0. The molecule has 3 nitrogen and oxygen atoms in total. The van der Waals surface area contributed by atoms with E-state index in [1.54, 1.807) is 4.80 Å². The summed E-state index contributed by atoms with van der Waals surface area (Å²) in [6.45, 7) is 4.18. The van der Waals surface area contributed by atoms with Crippen LogP contribution in [-0.4, -0.2) is 15.0 Å². The second kappa shape index (κ2) is 3.70. The van der Waals surface area contributed by atoms with Crippen molar-refractivity contribution < 1.29 is 0 Å². The lowest BCUT2D eigenvalue weighted by atomic mass is 10.1. The lowest BCUT2D eigenvalue weighted by molar-refractivity contribution is 0.765. The van der Waals surface area contributed by atoms with Gasteiger partial charge in [0.25, 0.3) is 0 Å². The van der Waals surface area contributed by atoms with Crippen molar-refractivity contribution in [2.75, 3.05) is 0 Å². The van der Waals surface area contributed by atoms with Crippen LogP contribution in [0.4, 0.5) is 0 Å². The SMILES string of the molecule is Cc1ccc2nn(-c3ccccc3)nc2c1C. The molecule has 0 spiro atoms. The van der Waals surface area contributed by atoms with E-state index >= 15 is 0 Å². The van der Waals surface area contributed by atoms with E-state index in [0.29, 0.717) is 0 Å². The summed E-state index contributed by atoms with van der Waals surface area (Å²) in [7, 11) is 0. The van der Waals surface area contributed by atoms with Gasteiger partial charge in [0, 0.05) is 0 Å². The van der Waals surface area contributed by atoms with Crippen molar-refractivity contribution >= 4 is 11.0 Å². The summed E-state index contributed by atoms with van der Waals surface area (Å²) < 4.78 is 0. The van der Waals surface area contributed by atoms with Gasteiger partial charge in [0.1, 0.15) is 11.0 Å². The van der Waals surface area contributed by atoms with Crippen LogP contribution in [0, 0.1) is 13.8 Å². The second-order valence-corrected chi connectivity index (χ2v) is 4.20. The zero-order chi connectivity index (χ0) is 11.8. The summed E-state index contributed by atoms with van der Waals surface area (Å²) >= 11 is 0. The average molecular weight is 223 g/mol. The summed E-state index contributed by atoms with van der Waals surface area (Å²) in [5.74, 6) is 0. The predicted molar refractivity (Wildman–Crippen MR) is 68.3 cm³/mol. The summed E-state index contributed by atoms with van der Waals surface area (Å²) in [5.41, 5.74) is 5.36. The van der Waals surface area contributed by atoms with Gasteiger partial charge in [0.2, 0.25) is 0 Å². The Morgan fingerprint density at radius 1 is 0.882 bits per heavy atom. The number of nitrogens with zero attached hydrogens (tertiary/aromatic N) is 3. The van der Waals surface area contributed by atoms with E-state index in [-0.39, 0.29) is 0 Å². The first-order valence-electron chi connectivity index (χ1n) is 5.64. The molecule has 84 valence electrons. The predicted octanol–water partition coefficient (Wildman–Crippen LogP) is 3.04. The molecule has 0 saturated carbocycles. The van der Waals surface area contributed by atoms with Gasteiger partial charge >= 0.3 is 0 Å². The largest absolute Gasteiger partial charge is 0.150 e. The van der Waals surface area contributed by atoms with Crippen LogP contribution >= 0.6 is 0 Å². The molecule has 17 heavy (non-hydrogen) atoms. The quantitative estimate of drug-likeness (QED) is 0.634. The normalized spacial score (nSPS) is 10.9. The van der Waals surface area contributed by atoms with Crippen molar-refractivity contribution in [2.24, 2.45) is 0 Å². The maximum absolute atomic E-state index is 4.55. The molecule has 0 aliphatic carbocycles. The Morgan fingerprint density at radius 3 is 2.41 bits per heavy atom. The fraction of sp³-hybridized carbons (Fsp3) is 0.143. The molecule has 0 aliphatic rings. The van der Waals surface area contributed by atoms with Crippen LogP contribution in [0.25, 0.3) is 16.7 Å². The number of rotatable bonds is 1. The summed E-state index contributed by atoms with van der Waals surface area (Å²) in [6, 6.07) is 14.1. The van der Waals surface area contributed by atoms with E-state index in [9.17, 15) is 0 Å².